The number of carboxylic acid groups (broad SMARTS) is 1. The number of halogens is 1. The third kappa shape index (κ3) is 2.23. The summed E-state index contributed by atoms with van der Waals surface area (Å²) in [6, 6.07) is 0. The molecule has 2 rings (SSSR count). The first kappa shape index (κ1) is 11.1. The maximum atomic E-state index is 11.0. The molecule has 2 heterocycles. The zero-order valence-electron chi connectivity index (χ0n) is 8.39. The Labute approximate surface area is 96.8 Å². The first-order valence-corrected chi connectivity index (χ1v) is 5.15. The van der Waals surface area contributed by atoms with Gasteiger partial charge >= 0.3 is 5.97 Å². The molecule has 86 valence electrons. The molecule has 1 aliphatic rings. The van der Waals surface area contributed by atoms with E-state index in [4.69, 9.17) is 21.4 Å². The Bertz CT molecular complexity index is 407. The van der Waals surface area contributed by atoms with Gasteiger partial charge in [0.2, 0.25) is 5.28 Å². The number of anilines is 1. The number of hydrogen-bond donors (Lipinski definition) is 1. The molecule has 0 atom stereocenters. The second-order valence-corrected chi connectivity index (χ2v) is 3.62. The van der Waals surface area contributed by atoms with E-state index in [0.29, 0.717) is 32.1 Å². The highest BCUT2D eigenvalue weighted by Gasteiger charge is 2.20. The highest BCUT2D eigenvalue weighted by Crippen LogP contribution is 2.19. The molecule has 1 aromatic heterocycles. The maximum Gasteiger partial charge on any atom is 0.341 e. The molecule has 7 heteroatoms. The van der Waals surface area contributed by atoms with Crippen LogP contribution in [0.25, 0.3) is 0 Å². The normalized spacial score (nSPS) is 16.2. The lowest BCUT2D eigenvalue weighted by Crippen LogP contribution is -2.37. The van der Waals surface area contributed by atoms with Crippen LogP contribution in [0.15, 0.2) is 6.20 Å². The summed E-state index contributed by atoms with van der Waals surface area (Å²) in [5.41, 5.74) is 0.0614. The van der Waals surface area contributed by atoms with Crippen molar-refractivity contribution in [2.75, 3.05) is 31.2 Å². The fourth-order valence-electron chi connectivity index (χ4n) is 1.52. The quantitative estimate of drug-likeness (QED) is 0.770. The first-order chi connectivity index (χ1) is 7.68. The topological polar surface area (TPSA) is 75.5 Å². The van der Waals surface area contributed by atoms with Gasteiger partial charge in [-0.05, 0) is 11.6 Å². The molecule has 0 aromatic carbocycles. The summed E-state index contributed by atoms with van der Waals surface area (Å²) in [5.74, 6) is -0.700. The molecule has 0 bridgehead atoms. The molecule has 1 N–H and O–H groups in total. The highest BCUT2D eigenvalue weighted by atomic mass is 35.5. The lowest BCUT2D eigenvalue weighted by molar-refractivity contribution is 0.0695. The van der Waals surface area contributed by atoms with Crippen LogP contribution in [0.3, 0.4) is 0 Å². The Kier molecular flexibility index (Phi) is 3.21. The Morgan fingerprint density at radius 1 is 1.50 bits per heavy atom. The van der Waals surface area contributed by atoms with Gasteiger partial charge in [0.05, 0.1) is 13.2 Å². The number of ether oxygens (including phenoxy) is 1. The van der Waals surface area contributed by atoms with E-state index in [0.717, 1.165) is 0 Å². The molecule has 16 heavy (non-hydrogen) atoms. The molecule has 1 aliphatic heterocycles. The van der Waals surface area contributed by atoms with Crippen molar-refractivity contribution < 1.29 is 14.6 Å². The number of aromatic nitrogens is 2. The van der Waals surface area contributed by atoms with Crippen molar-refractivity contribution in [3.8, 4) is 0 Å². The van der Waals surface area contributed by atoms with Crippen LogP contribution in [0.2, 0.25) is 5.28 Å². The van der Waals surface area contributed by atoms with Gasteiger partial charge in [-0.1, -0.05) is 0 Å². The van der Waals surface area contributed by atoms with E-state index in [-0.39, 0.29) is 10.8 Å². The molecule has 0 amide bonds. The van der Waals surface area contributed by atoms with Crippen molar-refractivity contribution in [1.29, 1.82) is 0 Å². The van der Waals surface area contributed by atoms with E-state index >= 15 is 0 Å². The van der Waals surface area contributed by atoms with Gasteiger partial charge in [0.25, 0.3) is 0 Å². The minimum absolute atomic E-state index is 0.0477. The molecule has 0 radical (unpaired) electrons. The lowest BCUT2D eigenvalue weighted by Gasteiger charge is -2.28. The van der Waals surface area contributed by atoms with Crippen LogP contribution in [0.1, 0.15) is 10.4 Å². The predicted molar refractivity (Wildman–Crippen MR) is 57.0 cm³/mol. The van der Waals surface area contributed by atoms with Gasteiger partial charge in [-0.2, -0.15) is 4.98 Å². The smallest absolute Gasteiger partial charge is 0.341 e. The predicted octanol–water partition coefficient (Wildman–Crippen LogP) is 0.665. The molecular formula is C9H10ClN3O3. The number of hydrogen-bond acceptors (Lipinski definition) is 5. The fraction of sp³-hybridized carbons (Fsp3) is 0.444. The highest BCUT2D eigenvalue weighted by molar-refractivity contribution is 6.28. The molecule has 1 saturated heterocycles. The SMILES string of the molecule is O=C(O)c1cnc(Cl)nc1N1CCOCC1. The summed E-state index contributed by atoms with van der Waals surface area (Å²) in [6.07, 6.45) is 1.22. The molecular weight excluding hydrogens is 234 g/mol. The summed E-state index contributed by atoms with van der Waals surface area (Å²) < 4.78 is 5.19. The van der Waals surface area contributed by atoms with E-state index in [1.54, 1.807) is 0 Å². The van der Waals surface area contributed by atoms with Crippen LogP contribution < -0.4 is 4.90 Å². The van der Waals surface area contributed by atoms with Gasteiger partial charge in [0.15, 0.2) is 0 Å². The van der Waals surface area contributed by atoms with Crippen LogP contribution in [0.4, 0.5) is 5.82 Å². The number of rotatable bonds is 2. The third-order valence-electron chi connectivity index (χ3n) is 2.28. The summed E-state index contributed by atoms with van der Waals surface area (Å²) in [5, 5.41) is 9.05. The Hall–Kier alpha value is -1.40. The van der Waals surface area contributed by atoms with Crippen molar-refractivity contribution in [1.82, 2.24) is 9.97 Å². The minimum atomic E-state index is -1.06. The molecule has 1 fully saturated rings. The zero-order valence-corrected chi connectivity index (χ0v) is 9.15. The summed E-state index contributed by atoms with van der Waals surface area (Å²) >= 11 is 5.67. The van der Waals surface area contributed by atoms with Crippen LogP contribution in [0.5, 0.6) is 0 Å². The van der Waals surface area contributed by atoms with Gasteiger partial charge in [0, 0.05) is 19.3 Å². The second kappa shape index (κ2) is 4.63. The maximum absolute atomic E-state index is 11.0. The molecule has 1 aromatic rings. The summed E-state index contributed by atoms with van der Waals surface area (Å²) in [4.78, 5) is 20.5. The van der Waals surface area contributed by atoms with Gasteiger partial charge in [0.1, 0.15) is 11.4 Å². The average molecular weight is 244 g/mol. The van der Waals surface area contributed by atoms with Gasteiger partial charge in [-0.25, -0.2) is 9.78 Å². The van der Waals surface area contributed by atoms with E-state index in [9.17, 15) is 4.79 Å². The van der Waals surface area contributed by atoms with Gasteiger partial charge in [-0.3, -0.25) is 0 Å². The Morgan fingerprint density at radius 3 is 2.81 bits per heavy atom. The number of carbonyl (C=O) groups is 1. The van der Waals surface area contributed by atoms with Crippen molar-refractivity contribution >= 4 is 23.4 Å². The second-order valence-electron chi connectivity index (χ2n) is 3.28. The van der Waals surface area contributed by atoms with Gasteiger partial charge in [-0.15, -0.1) is 0 Å². The van der Waals surface area contributed by atoms with Crippen LogP contribution in [-0.4, -0.2) is 47.3 Å². The zero-order chi connectivity index (χ0) is 11.5. The Balaban J connectivity index is 2.36. The van der Waals surface area contributed by atoms with Crippen LogP contribution >= 0.6 is 11.6 Å². The monoisotopic (exact) mass is 243 g/mol. The number of nitrogens with zero attached hydrogens (tertiary/aromatic N) is 3. The first-order valence-electron chi connectivity index (χ1n) is 4.77. The Morgan fingerprint density at radius 2 is 2.19 bits per heavy atom. The van der Waals surface area contributed by atoms with Crippen molar-refractivity contribution in [3.05, 3.63) is 17.0 Å². The van der Waals surface area contributed by atoms with Crippen LogP contribution in [0, 0.1) is 0 Å². The van der Waals surface area contributed by atoms with Crippen LogP contribution in [-0.2, 0) is 4.74 Å². The average Bonchev–Trinajstić information content (AvgIpc) is 2.29. The van der Waals surface area contributed by atoms with Crippen molar-refractivity contribution in [3.63, 3.8) is 0 Å². The summed E-state index contributed by atoms with van der Waals surface area (Å²) in [7, 11) is 0. The van der Waals surface area contributed by atoms with Crippen molar-refractivity contribution in [2.45, 2.75) is 0 Å². The lowest BCUT2D eigenvalue weighted by atomic mass is 10.2. The molecule has 0 saturated carbocycles. The molecule has 0 unspecified atom stereocenters. The number of morpholine rings is 1. The molecule has 0 aliphatic carbocycles. The largest absolute Gasteiger partial charge is 0.477 e. The van der Waals surface area contributed by atoms with Crippen molar-refractivity contribution in [2.24, 2.45) is 0 Å². The number of aromatic carboxylic acids is 1. The third-order valence-corrected chi connectivity index (χ3v) is 2.46. The van der Waals surface area contributed by atoms with E-state index < -0.39 is 5.97 Å². The molecule has 0 spiro atoms. The minimum Gasteiger partial charge on any atom is -0.477 e. The fourth-order valence-corrected chi connectivity index (χ4v) is 1.65. The van der Waals surface area contributed by atoms with E-state index in [2.05, 4.69) is 9.97 Å². The standard InChI is InChI=1S/C9H10ClN3O3/c10-9-11-5-6(8(14)15)7(12-9)13-1-3-16-4-2-13/h5H,1-4H2,(H,14,15). The van der Waals surface area contributed by atoms with E-state index in [1.807, 2.05) is 4.90 Å². The summed E-state index contributed by atoms with van der Waals surface area (Å²) in [6.45, 7) is 2.32. The van der Waals surface area contributed by atoms with Gasteiger partial charge < -0.3 is 14.7 Å². The van der Waals surface area contributed by atoms with E-state index in [1.165, 1.54) is 6.20 Å². The molecule has 6 nitrogen and oxygen atoms in total. The number of carboxylic acids is 1.